The summed E-state index contributed by atoms with van der Waals surface area (Å²) >= 11 is 5.63. The Labute approximate surface area is 119 Å². The lowest BCUT2D eigenvalue weighted by Gasteiger charge is -2.07. The molecule has 1 aromatic rings. The first kappa shape index (κ1) is 16.4. The summed E-state index contributed by atoms with van der Waals surface area (Å²) in [5.41, 5.74) is 1.02. The normalized spacial score (nSPS) is 11.7. The van der Waals surface area contributed by atoms with Gasteiger partial charge < -0.3 is 5.11 Å². The Kier molecular flexibility index (Phi) is 7.38. The fourth-order valence-electron chi connectivity index (χ4n) is 1.65. The number of aliphatic hydroxyl groups excluding tert-OH is 1. The standard InChI is InChI=1S/C13H20ClNO3S/c14-9-8-12-4-6-13(7-5-12)19(17,18)15-10-2-1-3-11-16/h4-7,15-16H,1-3,8-11H2. The van der Waals surface area contributed by atoms with Gasteiger partial charge in [0, 0.05) is 19.0 Å². The van der Waals surface area contributed by atoms with Gasteiger partial charge in [-0.15, -0.1) is 11.6 Å². The third-order valence-corrected chi connectivity index (χ3v) is 4.41. The molecule has 108 valence electrons. The Balaban J connectivity index is 2.52. The Hall–Kier alpha value is -0.620. The molecule has 0 aliphatic rings. The van der Waals surface area contributed by atoms with Crippen LogP contribution in [0.1, 0.15) is 24.8 Å². The zero-order valence-corrected chi connectivity index (χ0v) is 12.4. The van der Waals surface area contributed by atoms with Crippen LogP contribution in [0, 0.1) is 0 Å². The van der Waals surface area contributed by atoms with Crippen molar-refractivity contribution in [3.63, 3.8) is 0 Å². The smallest absolute Gasteiger partial charge is 0.240 e. The monoisotopic (exact) mass is 305 g/mol. The minimum Gasteiger partial charge on any atom is -0.396 e. The van der Waals surface area contributed by atoms with Crippen LogP contribution in [0.5, 0.6) is 0 Å². The second-order valence-corrected chi connectivity index (χ2v) is 6.41. The molecule has 0 aromatic heterocycles. The van der Waals surface area contributed by atoms with Crippen LogP contribution in [0.2, 0.25) is 0 Å². The van der Waals surface area contributed by atoms with Gasteiger partial charge in [-0.1, -0.05) is 12.1 Å². The van der Waals surface area contributed by atoms with E-state index in [0.29, 0.717) is 18.8 Å². The molecule has 0 amide bonds. The summed E-state index contributed by atoms with van der Waals surface area (Å²) in [4.78, 5) is 0.271. The number of aliphatic hydroxyl groups is 1. The van der Waals surface area contributed by atoms with Crippen molar-refractivity contribution >= 4 is 21.6 Å². The van der Waals surface area contributed by atoms with Crippen molar-refractivity contribution < 1.29 is 13.5 Å². The first-order valence-corrected chi connectivity index (χ1v) is 8.37. The van der Waals surface area contributed by atoms with Crippen molar-refractivity contribution in [2.24, 2.45) is 0 Å². The van der Waals surface area contributed by atoms with E-state index in [0.717, 1.165) is 24.8 Å². The fraction of sp³-hybridized carbons (Fsp3) is 0.538. The lowest BCUT2D eigenvalue weighted by molar-refractivity contribution is 0.283. The molecule has 2 N–H and O–H groups in total. The van der Waals surface area contributed by atoms with Crippen molar-refractivity contribution in [2.75, 3.05) is 19.0 Å². The molecule has 4 nitrogen and oxygen atoms in total. The number of nitrogens with one attached hydrogen (secondary N) is 1. The predicted molar refractivity (Wildman–Crippen MR) is 77.0 cm³/mol. The molecule has 0 spiro atoms. The topological polar surface area (TPSA) is 66.4 Å². The maximum atomic E-state index is 11.9. The first-order valence-electron chi connectivity index (χ1n) is 6.35. The summed E-state index contributed by atoms with van der Waals surface area (Å²) in [6.45, 7) is 0.542. The van der Waals surface area contributed by atoms with Crippen LogP contribution in [-0.2, 0) is 16.4 Å². The molecule has 0 aliphatic carbocycles. The Bertz CT molecular complexity index is 459. The molecular formula is C13H20ClNO3S. The molecule has 6 heteroatoms. The van der Waals surface area contributed by atoms with Gasteiger partial charge in [-0.2, -0.15) is 0 Å². The Morgan fingerprint density at radius 1 is 1.11 bits per heavy atom. The number of benzene rings is 1. The first-order chi connectivity index (χ1) is 9.10. The number of hydrogen-bond donors (Lipinski definition) is 2. The number of alkyl halides is 1. The second kappa shape index (κ2) is 8.53. The zero-order valence-electron chi connectivity index (χ0n) is 10.8. The zero-order chi connectivity index (χ0) is 14.1. The minimum atomic E-state index is -3.42. The predicted octanol–water partition coefficient (Wildman–Crippen LogP) is 1.91. The Morgan fingerprint density at radius 3 is 2.37 bits per heavy atom. The number of aryl methyl sites for hydroxylation is 1. The maximum Gasteiger partial charge on any atom is 0.240 e. The van der Waals surface area contributed by atoms with Crippen LogP contribution in [0.3, 0.4) is 0 Å². The number of halogens is 1. The molecule has 0 bridgehead atoms. The summed E-state index contributed by atoms with van der Waals surface area (Å²) < 4.78 is 26.4. The van der Waals surface area contributed by atoms with E-state index >= 15 is 0 Å². The van der Waals surface area contributed by atoms with Gasteiger partial charge in [-0.25, -0.2) is 13.1 Å². The maximum absolute atomic E-state index is 11.9. The van der Waals surface area contributed by atoms with E-state index in [-0.39, 0.29) is 11.5 Å². The van der Waals surface area contributed by atoms with E-state index in [2.05, 4.69) is 4.72 Å². The third-order valence-electron chi connectivity index (χ3n) is 2.74. The van der Waals surface area contributed by atoms with Gasteiger partial charge in [0.2, 0.25) is 10.0 Å². The van der Waals surface area contributed by atoms with E-state index in [1.807, 2.05) is 0 Å². The van der Waals surface area contributed by atoms with Gasteiger partial charge in [-0.05, 0) is 43.4 Å². The van der Waals surface area contributed by atoms with Gasteiger partial charge in [0.25, 0.3) is 0 Å². The molecule has 1 aromatic carbocycles. The van der Waals surface area contributed by atoms with Crippen molar-refractivity contribution in [2.45, 2.75) is 30.6 Å². The molecule has 0 saturated carbocycles. The van der Waals surface area contributed by atoms with E-state index < -0.39 is 10.0 Å². The fourth-order valence-corrected chi connectivity index (χ4v) is 2.94. The molecule has 19 heavy (non-hydrogen) atoms. The van der Waals surface area contributed by atoms with Gasteiger partial charge in [0.15, 0.2) is 0 Å². The second-order valence-electron chi connectivity index (χ2n) is 4.26. The van der Waals surface area contributed by atoms with Gasteiger partial charge in [0.1, 0.15) is 0 Å². The van der Waals surface area contributed by atoms with Gasteiger partial charge in [-0.3, -0.25) is 0 Å². The summed E-state index contributed by atoms with van der Waals surface area (Å²) in [5.74, 6) is 0.523. The highest BCUT2D eigenvalue weighted by Gasteiger charge is 2.12. The lowest BCUT2D eigenvalue weighted by Crippen LogP contribution is -2.24. The van der Waals surface area contributed by atoms with Crippen molar-refractivity contribution in [3.8, 4) is 0 Å². The van der Waals surface area contributed by atoms with Crippen LogP contribution in [0.15, 0.2) is 29.2 Å². The number of rotatable bonds is 9. The van der Waals surface area contributed by atoms with E-state index in [1.165, 1.54) is 0 Å². The van der Waals surface area contributed by atoms with Crippen LogP contribution >= 0.6 is 11.6 Å². The van der Waals surface area contributed by atoms with E-state index in [4.69, 9.17) is 16.7 Å². The van der Waals surface area contributed by atoms with Crippen LogP contribution in [0.4, 0.5) is 0 Å². The molecule has 0 saturated heterocycles. The average Bonchev–Trinajstić information content (AvgIpc) is 2.39. The van der Waals surface area contributed by atoms with Gasteiger partial charge in [0.05, 0.1) is 4.90 Å². The summed E-state index contributed by atoms with van der Waals surface area (Å²) in [6, 6.07) is 6.75. The number of unbranched alkanes of at least 4 members (excludes halogenated alkanes) is 2. The van der Waals surface area contributed by atoms with Gasteiger partial charge >= 0.3 is 0 Å². The molecule has 0 unspecified atom stereocenters. The van der Waals surface area contributed by atoms with Crippen molar-refractivity contribution in [3.05, 3.63) is 29.8 Å². The summed E-state index contributed by atoms with van der Waals surface area (Å²) in [7, 11) is -3.42. The number of sulfonamides is 1. The third kappa shape index (κ3) is 5.91. The van der Waals surface area contributed by atoms with Crippen LogP contribution in [0.25, 0.3) is 0 Å². The van der Waals surface area contributed by atoms with Crippen LogP contribution in [-0.4, -0.2) is 32.6 Å². The highest BCUT2D eigenvalue weighted by Crippen LogP contribution is 2.11. The molecule has 1 rings (SSSR count). The SMILES string of the molecule is O=S(=O)(NCCCCCO)c1ccc(CCCl)cc1. The molecule has 0 radical (unpaired) electrons. The molecule has 0 aliphatic heterocycles. The molecular weight excluding hydrogens is 286 g/mol. The quantitative estimate of drug-likeness (QED) is 0.541. The summed E-state index contributed by atoms with van der Waals surface area (Å²) in [6.07, 6.45) is 2.98. The van der Waals surface area contributed by atoms with Crippen LogP contribution < -0.4 is 4.72 Å². The van der Waals surface area contributed by atoms with E-state index in [9.17, 15) is 8.42 Å². The molecule has 0 fully saturated rings. The average molecular weight is 306 g/mol. The highest BCUT2D eigenvalue weighted by molar-refractivity contribution is 7.89. The lowest BCUT2D eigenvalue weighted by atomic mass is 10.2. The summed E-state index contributed by atoms with van der Waals surface area (Å²) in [5, 5.41) is 8.63. The van der Waals surface area contributed by atoms with Crippen molar-refractivity contribution in [1.29, 1.82) is 0 Å². The largest absolute Gasteiger partial charge is 0.396 e. The highest BCUT2D eigenvalue weighted by atomic mass is 35.5. The van der Waals surface area contributed by atoms with E-state index in [1.54, 1.807) is 24.3 Å². The Morgan fingerprint density at radius 2 is 1.79 bits per heavy atom. The number of hydrogen-bond acceptors (Lipinski definition) is 3. The molecule has 0 atom stereocenters. The molecule has 0 heterocycles. The minimum absolute atomic E-state index is 0.148. The van der Waals surface area contributed by atoms with Crippen molar-refractivity contribution in [1.82, 2.24) is 4.72 Å².